The van der Waals surface area contributed by atoms with Gasteiger partial charge in [0.2, 0.25) is 0 Å². The van der Waals surface area contributed by atoms with Crippen molar-refractivity contribution < 1.29 is 32.9 Å². The maximum absolute atomic E-state index is 13.5. The molecule has 38 heavy (non-hydrogen) atoms. The number of carbonyl (C=O) groups excluding carboxylic acids is 1. The van der Waals surface area contributed by atoms with Crippen molar-refractivity contribution in [3.8, 4) is 11.5 Å². The number of benzene rings is 2. The monoisotopic (exact) mass is 528 g/mol. The Morgan fingerprint density at radius 2 is 1.87 bits per heavy atom. The number of aromatic hydroxyl groups is 1. The molecule has 3 aliphatic carbocycles. The Kier molecular flexibility index (Phi) is 5.03. The zero-order valence-corrected chi connectivity index (χ0v) is 21.2. The number of likely N-dealkylation sites (N-methyl/N-ethyl adjacent to an activating group) is 1. The molecule has 2 aliphatic heterocycles. The van der Waals surface area contributed by atoms with Gasteiger partial charge in [0.25, 0.3) is 5.91 Å². The normalized spacial score (nSPS) is 33.4. The number of ether oxygens (including phenoxy) is 1. The maximum Gasteiger partial charge on any atom is 0.416 e. The smallest absolute Gasteiger partial charge is 0.416 e. The van der Waals surface area contributed by atoms with Crippen LogP contribution in [0, 0.1) is 5.92 Å². The predicted molar refractivity (Wildman–Crippen MR) is 132 cm³/mol. The number of likely N-dealkylation sites (tertiary alicyclic amines) is 1. The number of phenols is 1. The van der Waals surface area contributed by atoms with Crippen LogP contribution in [-0.4, -0.2) is 69.8 Å². The number of amides is 1. The standard InChI is InChI=1S/C29H31F3N2O4/c1-33(26(36)17-4-7-19(8-5-17)29(30,31)32)20-10-11-28(37)22-14-18-6-9-21(35)24-23(18)27(28,25(20)38-24)12-13-34(22)15-16-2-3-16/h4-9,16,20,22,25,35,37H,2-3,10-15H2,1H3/t20-,22-,25+,27+,28-/m1/s1. The molecule has 0 aromatic heterocycles. The number of alkyl halides is 3. The molecule has 5 atom stereocenters. The number of halogens is 3. The summed E-state index contributed by atoms with van der Waals surface area (Å²) in [5, 5.41) is 23.3. The summed E-state index contributed by atoms with van der Waals surface area (Å²) in [7, 11) is 1.65. The largest absolute Gasteiger partial charge is 0.504 e. The van der Waals surface area contributed by atoms with Gasteiger partial charge in [0.1, 0.15) is 6.10 Å². The molecule has 2 N–H and O–H groups in total. The Morgan fingerprint density at radius 3 is 2.55 bits per heavy atom. The number of aliphatic hydroxyl groups is 1. The van der Waals surface area contributed by atoms with E-state index < -0.39 is 40.8 Å². The lowest BCUT2D eigenvalue weighted by Gasteiger charge is -2.64. The highest BCUT2D eigenvalue weighted by Crippen LogP contribution is 2.66. The van der Waals surface area contributed by atoms with E-state index in [1.54, 1.807) is 18.0 Å². The highest BCUT2D eigenvalue weighted by atomic mass is 19.4. The van der Waals surface area contributed by atoms with Gasteiger partial charge in [-0.25, -0.2) is 0 Å². The molecular formula is C29H31F3N2O4. The summed E-state index contributed by atoms with van der Waals surface area (Å²) in [6.45, 7) is 1.78. The molecular weight excluding hydrogens is 497 g/mol. The van der Waals surface area contributed by atoms with Crippen molar-refractivity contribution in [2.24, 2.45) is 5.92 Å². The lowest BCUT2D eigenvalue weighted by Crippen LogP contribution is -2.78. The summed E-state index contributed by atoms with van der Waals surface area (Å²) in [5.41, 5.74) is -0.510. The van der Waals surface area contributed by atoms with Crippen LogP contribution in [0.1, 0.15) is 59.2 Å². The topological polar surface area (TPSA) is 73.2 Å². The van der Waals surface area contributed by atoms with Gasteiger partial charge in [-0.3, -0.25) is 9.69 Å². The van der Waals surface area contributed by atoms with Crippen molar-refractivity contribution in [2.75, 3.05) is 20.1 Å². The molecule has 2 aromatic rings. The SMILES string of the molecule is CN(C(=O)c1ccc(C(F)(F)F)cc1)[C@@H]1CC[C@@]2(O)[C@H]3Cc4ccc(O)c5c4[C@@]2(CCN3CC2CC2)[C@H]1O5. The van der Waals surface area contributed by atoms with Gasteiger partial charge in [-0.1, -0.05) is 6.07 Å². The average Bonchev–Trinajstić information content (AvgIpc) is 3.63. The first-order chi connectivity index (χ1) is 18.0. The number of hydrogen-bond donors (Lipinski definition) is 2. The van der Waals surface area contributed by atoms with Gasteiger partial charge in [0.15, 0.2) is 11.5 Å². The molecule has 1 spiro atoms. The zero-order valence-electron chi connectivity index (χ0n) is 21.2. The number of piperidine rings is 1. The van der Waals surface area contributed by atoms with Crippen molar-refractivity contribution in [1.29, 1.82) is 0 Å². The van der Waals surface area contributed by atoms with Crippen LogP contribution in [0.4, 0.5) is 13.2 Å². The molecule has 2 heterocycles. The van der Waals surface area contributed by atoms with E-state index in [-0.39, 0.29) is 17.4 Å². The van der Waals surface area contributed by atoms with Crippen molar-refractivity contribution in [1.82, 2.24) is 9.80 Å². The van der Waals surface area contributed by atoms with E-state index in [1.807, 2.05) is 6.07 Å². The molecule has 202 valence electrons. The van der Waals surface area contributed by atoms with Gasteiger partial charge in [0, 0.05) is 30.8 Å². The molecule has 2 aromatic carbocycles. The number of carbonyl (C=O) groups is 1. The van der Waals surface area contributed by atoms with E-state index in [1.165, 1.54) is 25.0 Å². The van der Waals surface area contributed by atoms with Crippen molar-refractivity contribution in [2.45, 2.75) is 73.9 Å². The molecule has 5 aliphatic rings. The van der Waals surface area contributed by atoms with Crippen molar-refractivity contribution >= 4 is 5.91 Å². The minimum atomic E-state index is -4.48. The van der Waals surface area contributed by atoms with E-state index in [0.29, 0.717) is 37.4 Å². The minimum Gasteiger partial charge on any atom is -0.504 e. The van der Waals surface area contributed by atoms with Crippen LogP contribution in [0.5, 0.6) is 11.5 Å². The third kappa shape index (κ3) is 3.18. The number of hydrogen-bond acceptors (Lipinski definition) is 5. The molecule has 1 saturated heterocycles. The summed E-state index contributed by atoms with van der Waals surface area (Å²) in [5.74, 6) is 0.725. The van der Waals surface area contributed by atoms with Crippen LogP contribution in [0.2, 0.25) is 0 Å². The quantitative estimate of drug-likeness (QED) is 0.625. The van der Waals surface area contributed by atoms with Gasteiger partial charge >= 0.3 is 6.18 Å². The van der Waals surface area contributed by atoms with Crippen LogP contribution in [0.3, 0.4) is 0 Å². The van der Waals surface area contributed by atoms with Gasteiger partial charge in [-0.2, -0.15) is 13.2 Å². The van der Waals surface area contributed by atoms with E-state index in [4.69, 9.17) is 4.74 Å². The van der Waals surface area contributed by atoms with E-state index in [9.17, 15) is 28.2 Å². The first-order valence-corrected chi connectivity index (χ1v) is 13.5. The van der Waals surface area contributed by atoms with E-state index in [2.05, 4.69) is 4.90 Å². The van der Waals surface area contributed by atoms with Gasteiger partial charge in [-0.05, 0) is 86.9 Å². The fraction of sp³-hybridized carbons (Fsp3) is 0.552. The Morgan fingerprint density at radius 1 is 1.13 bits per heavy atom. The molecule has 0 radical (unpaired) electrons. The third-order valence-electron chi connectivity index (χ3n) is 10.0. The highest BCUT2D eigenvalue weighted by molar-refractivity contribution is 5.94. The minimum absolute atomic E-state index is 0.0317. The average molecular weight is 529 g/mol. The Labute approximate surface area is 219 Å². The van der Waals surface area contributed by atoms with Crippen molar-refractivity contribution in [3.63, 3.8) is 0 Å². The Balaban J connectivity index is 1.26. The number of nitrogens with zero attached hydrogens (tertiary/aromatic N) is 2. The van der Waals surface area contributed by atoms with Crippen LogP contribution in [-0.2, 0) is 18.0 Å². The molecule has 7 rings (SSSR count). The van der Waals surface area contributed by atoms with Gasteiger partial charge in [-0.15, -0.1) is 0 Å². The Hall–Kier alpha value is -2.78. The van der Waals surface area contributed by atoms with Crippen LogP contribution >= 0.6 is 0 Å². The molecule has 9 heteroatoms. The predicted octanol–water partition coefficient (Wildman–Crippen LogP) is 4.12. The summed E-state index contributed by atoms with van der Waals surface area (Å²) in [6.07, 6.45) is -0.286. The second kappa shape index (κ2) is 7.88. The summed E-state index contributed by atoms with van der Waals surface area (Å²) in [6, 6.07) is 7.37. The first-order valence-electron chi connectivity index (χ1n) is 13.5. The van der Waals surface area contributed by atoms with Gasteiger partial charge in [0.05, 0.1) is 22.6 Å². The van der Waals surface area contributed by atoms with Crippen LogP contribution in [0.25, 0.3) is 0 Å². The number of phenolic OH excluding ortho intramolecular Hbond substituents is 1. The maximum atomic E-state index is 13.5. The first kappa shape index (κ1) is 24.3. The highest BCUT2D eigenvalue weighted by Gasteiger charge is 2.73. The third-order valence-corrected chi connectivity index (χ3v) is 10.0. The molecule has 1 amide bonds. The lowest BCUT2D eigenvalue weighted by atomic mass is 9.48. The molecule has 0 unspecified atom stereocenters. The van der Waals surface area contributed by atoms with E-state index >= 15 is 0 Å². The fourth-order valence-electron chi connectivity index (χ4n) is 8.01. The van der Waals surface area contributed by atoms with Crippen molar-refractivity contribution in [3.05, 3.63) is 58.7 Å². The second-order valence-corrected chi connectivity index (χ2v) is 11.9. The Bertz CT molecular complexity index is 1310. The zero-order chi connectivity index (χ0) is 26.6. The molecule has 3 fully saturated rings. The van der Waals surface area contributed by atoms with Crippen LogP contribution < -0.4 is 4.74 Å². The molecule has 6 nitrogen and oxygen atoms in total. The summed E-state index contributed by atoms with van der Waals surface area (Å²) >= 11 is 0. The van der Waals surface area contributed by atoms with Crippen LogP contribution in [0.15, 0.2) is 36.4 Å². The van der Waals surface area contributed by atoms with E-state index in [0.717, 1.165) is 36.3 Å². The molecule has 2 saturated carbocycles. The number of rotatable bonds is 4. The lowest BCUT2D eigenvalue weighted by molar-refractivity contribution is -0.197. The van der Waals surface area contributed by atoms with Gasteiger partial charge < -0.3 is 19.8 Å². The second-order valence-electron chi connectivity index (χ2n) is 11.9. The fourth-order valence-corrected chi connectivity index (χ4v) is 8.01. The summed E-state index contributed by atoms with van der Waals surface area (Å²) in [4.78, 5) is 17.5. The molecule has 2 bridgehead atoms. The summed E-state index contributed by atoms with van der Waals surface area (Å²) < 4.78 is 45.7.